The van der Waals surface area contributed by atoms with Gasteiger partial charge in [0.05, 0.1) is 0 Å². The summed E-state index contributed by atoms with van der Waals surface area (Å²) < 4.78 is 4.76. The number of ether oxygens (including phenoxy) is 1. The monoisotopic (exact) mass is 188 g/mol. The smallest absolute Gasteiger partial charge is 0.331 e. The molecule has 0 aliphatic carbocycles. The van der Waals surface area contributed by atoms with Crippen molar-refractivity contribution in [2.75, 3.05) is 0 Å². The van der Waals surface area contributed by atoms with Crippen LogP contribution in [0.4, 0.5) is 0 Å². The zero-order valence-corrected chi connectivity index (χ0v) is 8.15. The summed E-state index contributed by atoms with van der Waals surface area (Å²) in [6.07, 6.45) is -0.770. The summed E-state index contributed by atoms with van der Waals surface area (Å²) in [7, 11) is 0. The van der Waals surface area contributed by atoms with Gasteiger partial charge in [-0.1, -0.05) is 12.5 Å². The zero-order chi connectivity index (χ0) is 10.4. The molecule has 0 aromatic carbocycles. The van der Waals surface area contributed by atoms with Crippen LogP contribution in [0.2, 0.25) is 0 Å². The molecule has 0 aliphatic heterocycles. The van der Waals surface area contributed by atoms with Gasteiger partial charge in [0, 0.05) is 6.08 Å². The van der Waals surface area contributed by atoms with Gasteiger partial charge in [-0.3, -0.25) is 0 Å². The number of aliphatic hydroxyl groups excluding tert-OH is 1. The quantitative estimate of drug-likeness (QED) is 0.385. The minimum atomic E-state index is -1.61. The summed E-state index contributed by atoms with van der Waals surface area (Å²) in [5.74, 6) is -0.542. The number of esters is 1. The highest BCUT2D eigenvalue weighted by Crippen LogP contribution is 2.03. The molecule has 0 aromatic heterocycles. The van der Waals surface area contributed by atoms with Crippen molar-refractivity contribution in [3.63, 3.8) is 0 Å². The van der Waals surface area contributed by atoms with Gasteiger partial charge in [-0.2, -0.15) is 0 Å². The van der Waals surface area contributed by atoms with Crippen molar-refractivity contribution in [1.82, 2.24) is 0 Å². The summed E-state index contributed by atoms with van der Waals surface area (Å²) in [6, 6.07) is 0. The molecule has 2 N–H and O–H groups in total. The Balaban J connectivity index is 4.10. The lowest BCUT2D eigenvalue weighted by Gasteiger charge is -2.16. The number of carbonyl (C=O) groups excluding carboxylic acids is 1. The van der Waals surface area contributed by atoms with Crippen LogP contribution in [-0.2, 0) is 9.53 Å². The fraction of sp³-hybridized carbons (Fsp3) is 0.667. The molecule has 0 saturated heterocycles. The molecule has 0 bridgehead atoms. The Kier molecular flexibility index (Phi) is 5.34. The average molecular weight is 188 g/mol. The molecule has 76 valence electrons. The van der Waals surface area contributed by atoms with E-state index in [1.807, 2.05) is 0 Å². The van der Waals surface area contributed by atoms with Crippen LogP contribution in [0.3, 0.4) is 0 Å². The summed E-state index contributed by atoms with van der Waals surface area (Å²) >= 11 is 0. The van der Waals surface area contributed by atoms with E-state index in [-0.39, 0.29) is 0 Å². The second kappa shape index (κ2) is 5.72. The lowest BCUT2D eigenvalue weighted by molar-refractivity contribution is -0.170. The first-order valence-electron chi connectivity index (χ1n) is 4.19. The molecule has 0 spiro atoms. The van der Waals surface area contributed by atoms with Gasteiger partial charge in [0.25, 0.3) is 0 Å². The maximum absolute atomic E-state index is 11.0. The maximum Gasteiger partial charge on any atom is 0.331 e. The predicted octanol–water partition coefficient (Wildman–Crippen LogP) is 0.585. The van der Waals surface area contributed by atoms with E-state index in [1.165, 1.54) is 6.08 Å². The van der Waals surface area contributed by atoms with Crippen LogP contribution in [-0.4, -0.2) is 28.6 Å². The van der Waals surface area contributed by atoms with Gasteiger partial charge in [0.15, 0.2) is 12.4 Å². The third-order valence-corrected chi connectivity index (χ3v) is 1.41. The molecule has 0 heterocycles. The van der Waals surface area contributed by atoms with Gasteiger partial charge in [0.1, 0.15) is 0 Å². The van der Waals surface area contributed by atoms with Crippen LogP contribution in [0, 0.1) is 0 Å². The number of hydrogen-bond donors (Lipinski definition) is 2. The molecule has 1 unspecified atom stereocenters. The Morgan fingerprint density at radius 2 is 2.00 bits per heavy atom. The van der Waals surface area contributed by atoms with E-state index in [1.54, 1.807) is 20.8 Å². The number of hydrogen-bond acceptors (Lipinski definition) is 4. The molecule has 4 nitrogen and oxygen atoms in total. The van der Waals surface area contributed by atoms with Crippen LogP contribution in [0.5, 0.6) is 0 Å². The molecule has 0 radical (unpaired) electrons. The van der Waals surface area contributed by atoms with Crippen LogP contribution in [0.25, 0.3) is 0 Å². The van der Waals surface area contributed by atoms with Crippen molar-refractivity contribution in [2.45, 2.75) is 39.6 Å². The summed E-state index contributed by atoms with van der Waals surface area (Å²) in [5.41, 5.74) is 0.812. The minimum Gasteiger partial charge on any atom is -0.454 e. The molecule has 0 aromatic rings. The molecule has 13 heavy (non-hydrogen) atoms. The van der Waals surface area contributed by atoms with E-state index in [4.69, 9.17) is 14.9 Å². The van der Waals surface area contributed by atoms with Crippen LogP contribution in [0.1, 0.15) is 27.2 Å². The summed E-state index contributed by atoms with van der Waals surface area (Å²) in [4.78, 5) is 11.0. The van der Waals surface area contributed by atoms with E-state index < -0.39 is 18.4 Å². The highest BCUT2D eigenvalue weighted by Gasteiger charge is 2.17. The number of allylic oxidation sites excluding steroid dienone is 1. The van der Waals surface area contributed by atoms with Gasteiger partial charge in [0.2, 0.25) is 0 Å². The van der Waals surface area contributed by atoms with Crippen molar-refractivity contribution in [3.05, 3.63) is 11.6 Å². The fourth-order valence-electron chi connectivity index (χ4n) is 0.774. The normalized spacial score (nSPS) is 12.5. The molecule has 0 fully saturated rings. The SMILES string of the molecule is CCC(OC(=O)C=C(C)C)C(O)O. The maximum atomic E-state index is 11.0. The second-order valence-electron chi connectivity index (χ2n) is 3.02. The van der Waals surface area contributed by atoms with Gasteiger partial charge in [-0.25, -0.2) is 4.79 Å². The molecule has 0 aliphatic rings. The van der Waals surface area contributed by atoms with Crippen molar-refractivity contribution in [2.24, 2.45) is 0 Å². The Morgan fingerprint density at radius 3 is 2.31 bits per heavy atom. The first-order chi connectivity index (χ1) is 5.97. The first-order valence-corrected chi connectivity index (χ1v) is 4.19. The summed E-state index contributed by atoms with van der Waals surface area (Å²) in [5, 5.41) is 17.5. The molecular weight excluding hydrogens is 172 g/mol. The van der Waals surface area contributed by atoms with Crippen LogP contribution >= 0.6 is 0 Å². The van der Waals surface area contributed by atoms with Crippen molar-refractivity contribution < 1.29 is 19.7 Å². The average Bonchev–Trinajstić information content (AvgIpc) is 1.98. The topological polar surface area (TPSA) is 66.8 Å². The lowest BCUT2D eigenvalue weighted by atomic mass is 10.2. The Hall–Kier alpha value is -0.870. The predicted molar refractivity (Wildman–Crippen MR) is 47.8 cm³/mol. The third kappa shape index (κ3) is 5.38. The fourth-order valence-corrected chi connectivity index (χ4v) is 0.774. The Morgan fingerprint density at radius 1 is 1.46 bits per heavy atom. The standard InChI is InChI=1S/C9H16O4/c1-4-7(9(11)12)13-8(10)5-6(2)3/h5,7,9,11-12H,4H2,1-3H3. The van der Waals surface area contributed by atoms with E-state index in [2.05, 4.69) is 0 Å². The number of aliphatic hydroxyl groups is 2. The van der Waals surface area contributed by atoms with Gasteiger partial charge in [-0.15, -0.1) is 0 Å². The van der Waals surface area contributed by atoms with Crippen LogP contribution < -0.4 is 0 Å². The van der Waals surface area contributed by atoms with E-state index in [0.29, 0.717) is 6.42 Å². The van der Waals surface area contributed by atoms with Crippen LogP contribution in [0.15, 0.2) is 11.6 Å². The Labute approximate surface area is 77.8 Å². The number of rotatable bonds is 4. The van der Waals surface area contributed by atoms with E-state index in [0.717, 1.165) is 5.57 Å². The van der Waals surface area contributed by atoms with Crippen molar-refractivity contribution in [3.8, 4) is 0 Å². The third-order valence-electron chi connectivity index (χ3n) is 1.41. The van der Waals surface area contributed by atoms with Gasteiger partial charge < -0.3 is 14.9 Å². The van der Waals surface area contributed by atoms with Crippen molar-refractivity contribution in [1.29, 1.82) is 0 Å². The largest absolute Gasteiger partial charge is 0.454 e. The van der Waals surface area contributed by atoms with Gasteiger partial charge in [-0.05, 0) is 20.3 Å². The second-order valence-corrected chi connectivity index (χ2v) is 3.02. The minimum absolute atomic E-state index is 0.375. The zero-order valence-electron chi connectivity index (χ0n) is 8.15. The first kappa shape index (κ1) is 12.1. The lowest BCUT2D eigenvalue weighted by Crippen LogP contribution is -2.29. The molecule has 0 saturated carbocycles. The molecular formula is C9H16O4. The molecule has 1 atom stereocenters. The Bertz CT molecular complexity index is 192. The van der Waals surface area contributed by atoms with Gasteiger partial charge >= 0.3 is 5.97 Å². The number of carbonyl (C=O) groups is 1. The molecule has 0 rings (SSSR count). The molecule has 4 heteroatoms. The highest BCUT2D eigenvalue weighted by molar-refractivity contribution is 5.82. The molecule has 0 amide bonds. The van der Waals surface area contributed by atoms with E-state index in [9.17, 15) is 4.79 Å². The van der Waals surface area contributed by atoms with E-state index >= 15 is 0 Å². The highest BCUT2D eigenvalue weighted by atomic mass is 16.6. The summed E-state index contributed by atoms with van der Waals surface area (Å²) in [6.45, 7) is 5.23. The van der Waals surface area contributed by atoms with Crippen molar-refractivity contribution >= 4 is 5.97 Å².